The molecule has 6 rings (SSSR count). The minimum Gasteiger partial charge on any atom is -0.457 e. The van der Waals surface area contributed by atoms with Crippen molar-refractivity contribution < 1.29 is 13.9 Å². The Kier molecular flexibility index (Phi) is 7.79. The van der Waals surface area contributed by atoms with Crippen LogP contribution in [0.4, 0.5) is 10.2 Å². The van der Waals surface area contributed by atoms with Gasteiger partial charge >= 0.3 is 0 Å². The molecule has 2 fully saturated rings. The zero-order chi connectivity index (χ0) is 29.1. The Hall–Kier alpha value is -4.82. The highest BCUT2D eigenvalue weighted by Gasteiger charge is 2.31. The number of nitrogens with two attached hydrogens (primary N) is 1. The van der Waals surface area contributed by atoms with Crippen LogP contribution < -0.4 is 15.8 Å². The second kappa shape index (κ2) is 12.0. The third kappa shape index (κ3) is 5.53. The summed E-state index contributed by atoms with van der Waals surface area (Å²) >= 11 is 0. The first-order valence-corrected chi connectivity index (χ1v) is 14.1. The molecule has 42 heavy (non-hydrogen) atoms. The van der Waals surface area contributed by atoms with Gasteiger partial charge in [-0.05, 0) is 62.4 Å². The van der Waals surface area contributed by atoms with Gasteiger partial charge in [0.05, 0.1) is 11.4 Å². The van der Waals surface area contributed by atoms with Crippen molar-refractivity contribution in [2.24, 2.45) is 5.92 Å². The van der Waals surface area contributed by atoms with Crippen molar-refractivity contribution in [2.45, 2.75) is 31.7 Å². The van der Waals surface area contributed by atoms with E-state index in [2.05, 4.69) is 21.4 Å². The van der Waals surface area contributed by atoms with Gasteiger partial charge < -0.3 is 20.7 Å². The molecule has 4 aromatic rings. The van der Waals surface area contributed by atoms with Crippen LogP contribution in [0.1, 0.15) is 31.7 Å². The van der Waals surface area contributed by atoms with Crippen LogP contribution in [-0.2, 0) is 4.79 Å². The van der Waals surface area contributed by atoms with Crippen LogP contribution in [0.15, 0.2) is 66.5 Å². The summed E-state index contributed by atoms with van der Waals surface area (Å²) < 4.78 is 23.0. The highest BCUT2D eigenvalue weighted by atomic mass is 19.1. The number of hydrogen-bond acceptors (Lipinski definition) is 8. The highest BCUT2D eigenvalue weighted by Crippen LogP contribution is 2.36. The van der Waals surface area contributed by atoms with Gasteiger partial charge in [0.1, 0.15) is 46.8 Å². The molecule has 10 nitrogen and oxygen atoms in total. The molecule has 2 aliphatic heterocycles. The third-order valence-corrected chi connectivity index (χ3v) is 7.81. The smallest absolute Gasteiger partial charge is 0.264 e. The molecule has 2 aliphatic rings. The number of piperidine rings is 2. The molecular formula is C31H31FN8O2. The molecule has 2 aromatic heterocycles. The fourth-order valence-corrected chi connectivity index (χ4v) is 5.74. The van der Waals surface area contributed by atoms with E-state index < -0.39 is 5.82 Å². The lowest BCUT2D eigenvalue weighted by atomic mass is 9.96. The molecule has 2 aromatic carbocycles. The Morgan fingerprint density at radius 1 is 1.14 bits per heavy atom. The molecule has 0 bridgehead atoms. The minimum atomic E-state index is -0.528. The van der Waals surface area contributed by atoms with E-state index in [0.717, 1.165) is 38.8 Å². The number of aromatic nitrogens is 4. The van der Waals surface area contributed by atoms with Gasteiger partial charge in [0.15, 0.2) is 5.65 Å². The maximum absolute atomic E-state index is 15.5. The van der Waals surface area contributed by atoms with Crippen molar-refractivity contribution in [3.05, 3.63) is 72.3 Å². The van der Waals surface area contributed by atoms with Crippen molar-refractivity contribution >= 4 is 22.8 Å². The lowest BCUT2D eigenvalue weighted by molar-refractivity contribution is -0.128. The SMILES string of the molecule is N#CC(=CC1CCCNC1)C(=O)N1CCCC(n2nc(-c3ccc(Oc4ccccc4)cc3F)c3c(N)ncnc32)C1. The Morgan fingerprint density at radius 2 is 2.00 bits per heavy atom. The summed E-state index contributed by atoms with van der Waals surface area (Å²) in [6.07, 6.45) is 6.58. The number of ether oxygens (including phenoxy) is 1. The molecule has 0 aliphatic carbocycles. The number of nitrogens with zero attached hydrogens (tertiary/aromatic N) is 6. The molecule has 1 amide bonds. The number of carbonyl (C=O) groups excluding carboxylic acids is 1. The molecule has 2 saturated heterocycles. The molecule has 3 N–H and O–H groups in total. The van der Waals surface area contributed by atoms with Crippen molar-refractivity contribution in [1.29, 1.82) is 5.26 Å². The predicted molar refractivity (Wildman–Crippen MR) is 156 cm³/mol. The van der Waals surface area contributed by atoms with E-state index in [0.29, 0.717) is 41.3 Å². The van der Waals surface area contributed by atoms with Gasteiger partial charge in [-0.25, -0.2) is 19.0 Å². The molecular weight excluding hydrogens is 535 g/mol. The number of amides is 1. The fourth-order valence-electron chi connectivity index (χ4n) is 5.74. The van der Waals surface area contributed by atoms with Crippen molar-refractivity contribution in [2.75, 3.05) is 31.9 Å². The van der Waals surface area contributed by atoms with E-state index >= 15 is 4.39 Å². The van der Waals surface area contributed by atoms with Crippen LogP contribution in [0.3, 0.4) is 0 Å². The van der Waals surface area contributed by atoms with Crippen LogP contribution >= 0.6 is 0 Å². The Bertz CT molecular complexity index is 1670. The Balaban J connectivity index is 1.29. The molecule has 4 heterocycles. The van der Waals surface area contributed by atoms with Gasteiger partial charge in [-0.3, -0.25) is 4.79 Å². The number of fused-ring (bicyclic) bond motifs is 1. The lowest BCUT2D eigenvalue weighted by Crippen LogP contribution is -2.41. The average molecular weight is 567 g/mol. The normalized spacial score (nSPS) is 19.4. The molecule has 11 heteroatoms. The molecule has 214 valence electrons. The van der Waals surface area contributed by atoms with Gasteiger partial charge in [0, 0.05) is 31.3 Å². The summed E-state index contributed by atoms with van der Waals surface area (Å²) in [6, 6.07) is 15.6. The van der Waals surface area contributed by atoms with E-state index in [1.807, 2.05) is 18.2 Å². The van der Waals surface area contributed by atoms with E-state index in [1.54, 1.807) is 39.9 Å². The number of nitrogen functional groups attached to an aromatic ring is 1. The van der Waals surface area contributed by atoms with E-state index in [-0.39, 0.29) is 34.8 Å². The maximum atomic E-state index is 15.5. The Labute approximate surface area is 242 Å². The number of hydrogen-bond donors (Lipinski definition) is 2. The number of rotatable bonds is 6. The number of nitrogens with one attached hydrogen (secondary N) is 1. The van der Waals surface area contributed by atoms with E-state index in [9.17, 15) is 10.1 Å². The third-order valence-electron chi connectivity index (χ3n) is 7.81. The molecule has 0 spiro atoms. The second-order valence-corrected chi connectivity index (χ2v) is 10.7. The summed E-state index contributed by atoms with van der Waals surface area (Å²) in [5, 5.41) is 18.4. The zero-order valence-corrected chi connectivity index (χ0v) is 23.0. The first kappa shape index (κ1) is 27.4. The number of halogens is 1. The summed E-state index contributed by atoms with van der Waals surface area (Å²) in [6.45, 7) is 2.60. The Morgan fingerprint density at radius 3 is 2.76 bits per heavy atom. The van der Waals surface area contributed by atoms with E-state index in [1.165, 1.54) is 12.4 Å². The van der Waals surface area contributed by atoms with Crippen LogP contribution in [0.2, 0.25) is 0 Å². The largest absolute Gasteiger partial charge is 0.457 e. The summed E-state index contributed by atoms with van der Waals surface area (Å²) in [5.41, 5.74) is 7.46. The maximum Gasteiger partial charge on any atom is 0.264 e. The van der Waals surface area contributed by atoms with Gasteiger partial charge in [-0.15, -0.1) is 0 Å². The summed E-state index contributed by atoms with van der Waals surface area (Å²) in [4.78, 5) is 23.7. The zero-order valence-electron chi connectivity index (χ0n) is 23.0. The van der Waals surface area contributed by atoms with Crippen LogP contribution in [0.25, 0.3) is 22.3 Å². The topological polar surface area (TPSA) is 135 Å². The second-order valence-electron chi connectivity index (χ2n) is 10.7. The molecule has 0 saturated carbocycles. The number of anilines is 1. The molecule has 2 unspecified atom stereocenters. The lowest BCUT2D eigenvalue weighted by Gasteiger charge is -2.33. The quantitative estimate of drug-likeness (QED) is 0.255. The first-order chi connectivity index (χ1) is 20.5. The van der Waals surface area contributed by atoms with Crippen LogP contribution in [-0.4, -0.2) is 56.7 Å². The number of nitriles is 1. The van der Waals surface area contributed by atoms with Crippen LogP contribution in [0.5, 0.6) is 11.5 Å². The number of carbonyl (C=O) groups is 1. The molecule has 0 radical (unpaired) electrons. The first-order valence-electron chi connectivity index (χ1n) is 14.1. The number of likely N-dealkylation sites (tertiary alicyclic amines) is 1. The fraction of sp³-hybridized carbons (Fsp3) is 0.323. The summed E-state index contributed by atoms with van der Waals surface area (Å²) in [5.74, 6) is 0.484. The average Bonchev–Trinajstić information content (AvgIpc) is 3.41. The monoisotopic (exact) mass is 566 g/mol. The van der Waals surface area contributed by atoms with Crippen molar-refractivity contribution in [3.63, 3.8) is 0 Å². The standard InChI is InChI=1S/C31H31FN8O2/c32-26-15-24(42-23-8-2-1-3-9-23)10-11-25(26)28-27-29(34)36-19-37-30(27)40(38-28)22-7-5-13-39(18-22)31(41)21(16-33)14-20-6-4-12-35-17-20/h1-3,8-11,14-15,19-20,22,35H,4-7,12-13,17-18H2,(H2,34,36,37). The van der Waals surface area contributed by atoms with E-state index in [4.69, 9.17) is 15.6 Å². The van der Waals surface area contributed by atoms with Crippen molar-refractivity contribution in [1.82, 2.24) is 30.0 Å². The van der Waals surface area contributed by atoms with Gasteiger partial charge in [0.2, 0.25) is 0 Å². The van der Waals surface area contributed by atoms with Gasteiger partial charge in [0.25, 0.3) is 5.91 Å². The van der Waals surface area contributed by atoms with Gasteiger partial charge in [-0.2, -0.15) is 10.4 Å². The van der Waals surface area contributed by atoms with Gasteiger partial charge in [-0.1, -0.05) is 24.3 Å². The van der Waals surface area contributed by atoms with Crippen molar-refractivity contribution in [3.8, 4) is 28.8 Å². The minimum absolute atomic E-state index is 0.162. The number of benzene rings is 2. The van der Waals surface area contributed by atoms with Crippen LogP contribution in [0, 0.1) is 23.1 Å². The highest BCUT2D eigenvalue weighted by molar-refractivity contribution is 5.99. The number of para-hydroxylation sites is 1. The molecule has 2 atom stereocenters. The predicted octanol–water partition coefficient (Wildman–Crippen LogP) is 4.62. The summed E-state index contributed by atoms with van der Waals surface area (Å²) in [7, 11) is 0.